The lowest BCUT2D eigenvalue weighted by atomic mass is 9.80. The molecule has 2 nitrogen and oxygen atoms in total. The maximum absolute atomic E-state index is 13.5. The predicted octanol–water partition coefficient (Wildman–Crippen LogP) is 3.65. The highest BCUT2D eigenvalue weighted by atomic mass is 79.9. The standard InChI is InChI=1S/C14H19BrF2N2/c15-12-5-1-3-10(7-12)8-13(19-18)11-4-2-6-14(16,17)9-11/h1,3,5,7,11,13,19H,2,4,6,8-9,18H2. The molecule has 1 aliphatic carbocycles. The smallest absolute Gasteiger partial charge is 0.248 e. The summed E-state index contributed by atoms with van der Waals surface area (Å²) in [4.78, 5) is 0. The average molecular weight is 333 g/mol. The third-order valence-electron chi connectivity index (χ3n) is 3.81. The molecule has 0 aliphatic heterocycles. The zero-order chi connectivity index (χ0) is 13.9. The molecule has 0 aromatic heterocycles. The molecule has 2 atom stereocenters. The summed E-state index contributed by atoms with van der Waals surface area (Å²) in [6, 6.07) is 7.80. The molecule has 19 heavy (non-hydrogen) atoms. The van der Waals surface area contributed by atoms with Crippen molar-refractivity contribution in [2.75, 3.05) is 0 Å². The molecule has 2 rings (SSSR count). The Bertz CT molecular complexity index is 426. The van der Waals surface area contributed by atoms with E-state index in [2.05, 4.69) is 21.4 Å². The van der Waals surface area contributed by atoms with Crippen molar-refractivity contribution >= 4 is 15.9 Å². The van der Waals surface area contributed by atoms with Gasteiger partial charge in [-0.05, 0) is 42.9 Å². The van der Waals surface area contributed by atoms with Gasteiger partial charge in [-0.1, -0.05) is 28.1 Å². The van der Waals surface area contributed by atoms with Crippen LogP contribution in [0.3, 0.4) is 0 Å². The predicted molar refractivity (Wildman–Crippen MR) is 75.9 cm³/mol. The second kappa shape index (κ2) is 6.29. The molecule has 0 heterocycles. The Hall–Kier alpha value is -0.520. The van der Waals surface area contributed by atoms with Crippen molar-refractivity contribution in [2.24, 2.45) is 11.8 Å². The fourth-order valence-electron chi connectivity index (χ4n) is 2.83. The topological polar surface area (TPSA) is 38.0 Å². The lowest BCUT2D eigenvalue weighted by Crippen LogP contribution is -2.45. The summed E-state index contributed by atoms with van der Waals surface area (Å²) in [5, 5.41) is 0. The molecule has 2 unspecified atom stereocenters. The molecule has 1 aromatic rings. The first-order chi connectivity index (χ1) is 9.00. The fraction of sp³-hybridized carbons (Fsp3) is 0.571. The molecule has 1 aromatic carbocycles. The SMILES string of the molecule is NNC(Cc1cccc(Br)c1)C1CCCC(F)(F)C1. The van der Waals surface area contributed by atoms with E-state index in [0.29, 0.717) is 12.8 Å². The Labute approximate surface area is 120 Å². The van der Waals surface area contributed by atoms with Crippen LogP contribution < -0.4 is 11.3 Å². The first-order valence-electron chi connectivity index (χ1n) is 6.58. The Balaban J connectivity index is 2.03. The van der Waals surface area contributed by atoms with E-state index >= 15 is 0 Å². The maximum atomic E-state index is 13.5. The Morgan fingerprint density at radius 1 is 1.47 bits per heavy atom. The van der Waals surface area contributed by atoms with Gasteiger partial charge in [0.15, 0.2) is 0 Å². The zero-order valence-corrected chi connectivity index (χ0v) is 12.3. The van der Waals surface area contributed by atoms with Crippen molar-refractivity contribution in [3.63, 3.8) is 0 Å². The molecular weight excluding hydrogens is 314 g/mol. The molecule has 1 aliphatic rings. The number of nitrogens with one attached hydrogen (secondary N) is 1. The van der Waals surface area contributed by atoms with Gasteiger partial charge in [-0.2, -0.15) is 0 Å². The van der Waals surface area contributed by atoms with Gasteiger partial charge in [-0.3, -0.25) is 11.3 Å². The number of halogens is 3. The molecule has 3 N–H and O–H groups in total. The summed E-state index contributed by atoms with van der Waals surface area (Å²) >= 11 is 3.42. The third-order valence-corrected chi connectivity index (χ3v) is 4.30. The normalized spacial score (nSPS) is 24.1. The summed E-state index contributed by atoms with van der Waals surface area (Å²) < 4.78 is 28.0. The second-order valence-corrected chi connectivity index (χ2v) is 6.24. The lowest BCUT2D eigenvalue weighted by molar-refractivity contribution is -0.0581. The minimum atomic E-state index is -2.53. The Morgan fingerprint density at radius 2 is 2.26 bits per heavy atom. The van der Waals surface area contributed by atoms with Crippen LogP contribution in [0.5, 0.6) is 0 Å². The molecule has 106 valence electrons. The van der Waals surface area contributed by atoms with Crippen molar-refractivity contribution in [3.05, 3.63) is 34.3 Å². The van der Waals surface area contributed by atoms with E-state index in [1.807, 2.05) is 24.3 Å². The van der Waals surface area contributed by atoms with E-state index in [0.717, 1.165) is 16.5 Å². The average Bonchev–Trinajstić information content (AvgIpc) is 2.35. The van der Waals surface area contributed by atoms with Crippen LogP contribution in [0.25, 0.3) is 0 Å². The summed E-state index contributed by atoms with van der Waals surface area (Å²) in [5.41, 5.74) is 3.83. The quantitative estimate of drug-likeness (QED) is 0.652. The molecule has 0 radical (unpaired) electrons. The molecule has 0 spiro atoms. The van der Waals surface area contributed by atoms with Crippen LogP contribution in [0.2, 0.25) is 0 Å². The number of hydrogen-bond donors (Lipinski definition) is 2. The van der Waals surface area contributed by atoms with Crippen molar-refractivity contribution in [2.45, 2.75) is 44.1 Å². The van der Waals surface area contributed by atoms with E-state index in [9.17, 15) is 8.78 Å². The monoisotopic (exact) mass is 332 g/mol. The largest absolute Gasteiger partial charge is 0.271 e. The molecule has 1 fully saturated rings. The van der Waals surface area contributed by atoms with Crippen LogP contribution in [-0.2, 0) is 6.42 Å². The molecule has 5 heteroatoms. The first kappa shape index (κ1) is 14.9. The van der Waals surface area contributed by atoms with Gasteiger partial charge in [0.1, 0.15) is 0 Å². The number of nitrogens with two attached hydrogens (primary N) is 1. The van der Waals surface area contributed by atoms with Crippen LogP contribution in [0.1, 0.15) is 31.2 Å². The number of rotatable bonds is 4. The summed E-state index contributed by atoms with van der Waals surface area (Å²) in [5.74, 6) is 2.98. The van der Waals surface area contributed by atoms with Gasteiger partial charge in [0.05, 0.1) is 0 Å². The lowest BCUT2D eigenvalue weighted by Gasteiger charge is -2.34. The van der Waals surface area contributed by atoms with Crippen molar-refractivity contribution in [1.29, 1.82) is 0 Å². The highest BCUT2D eigenvalue weighted by Gasteiger charge is 2.39. The summed E-state index contributed by atoms with van der Waals surface area (Å²) in [6.45, 7) is 0. The molecule has 0 bridgehead atoms. The number of hydrazine groups is 1. The van der Waals surface area contributed by atoms with E-state index in [1.54, 1.807) is 0 Å². The van der Waals surface area contributed by atoms with Gasteiger partial charge < -0.3 is 0 Å². The highest BCUT2D eigenvalue weighted by molar-refractivity contribution is 9.10. The number of alkyl halides is 2. The first-order valence-corrected chi connectivity index (χ1v) is 7.38. The second-order valence-electron chi connectivity index (χ2n) is 5.32. The molecule has 0 amide bonds. The summed E-state index contributed by atoms with van der Waals surface area (Å²) in [7, 11) is 0. The fourth-order valence-corrected chi connectivity index (χ4v) is 3.28. The molecular formula is C14H19BrF2N2. The van der Waals surface area contributed by atoms with E-state index in [4.69, 9.17) is 5.84 Å². The van der Waals surface area contributed by atoms with Crippen LogP contribution >= 0.6 is 15.9 Å². The van der Waals surface area contributed by atoms with Gasteiger partial charge in [0.2, 0.25) is 5.92 Å². The van der Waals surface area contributed by atoms with Crippen molar-refractivity contribution in [3.8, 4) is 0 Å². The van der Waals surface area contributed by atoms with Crippen LogP contribution in [0.4, 0.5) is 8.78 Å². The Kier molecular flexibility index (Phi) is 4.92. The number of hydrogen-bond acceptors (Lipinski definition) is 2. The van der Waals surface area contributed by atoms with E-state index in [1.165, 1.54) is 0 Å². The molecule has 1 saturated carbocycles. The van der Waals surface area contributed by atoms with Gasteiger partial charge in [-0.15, -0.1) is 0 Å². The van der Waals surface area contributed by atoms with E-state index < -0.39 is 5.92 Å². The van der Waals surface area contributed by atoms with Crippen LogP contribution in [-0.4, -0.2) is 12.0 Å². The van der Waals surface area contributed by atoms with Crippen molar-refractivity contribution < 1.29 is 8.78 Å². The van der Waals surface area contributed by atoms with Crippen molar-refractivity contribution in [1.82, 2.24) is 5.43 Å². The van der Waals surface area contributed by atoms with E-state index in [-0.39, 0.29) is 24.8 Å². The minimum Gasteiger partial charge on any atom is -0.271 e. The molecule has 0 saturated heterocycles. The minimum absolute atomic E-state index is 0.0116. The highest BCUT2D eigenvalue weighted by Crippen LogP contribution is 2.38. The van der Waals surface area contributed by atoms with Crippen LogP contribution in [0.15, 0.2) is 28.7 Å². The maximum Gasteiger partial charge on any atom is 0.248 e. The number of benzene rings is 1. The Morgan fingerprint density at radius 3 is 2.89 bits per heavy atom. The summed E-state index contributed by atoms with van der Waals surface area (Å²) in [6.07, 6.45) is 2.02. The van der Waals surface area contributed by atoms with Gasteiger partial charge >= 0.3 is 0 Å². The van der Waals surface area contributed by atoms with Gasteiger partial charge in [0, 0.05) is 23.4 Å². The zero-order valence-electron chi connectivity index (χ0n) is 10.7. The third kappa shape index (κ3) is 4.23. The van der Waals surface area contributed by atoms with Gasteiger partial charge in [-0.25, -0.2) is 8.78 Å². The van der Waals surface area contributed by atoms with Crippen LogP contribution in [0, 0.1) is 5.92 Å². The van der Waals surface area contributed by atoms with Gasteiger partial charge in [0.25, 0.3) is 0 Å².